The highest BCUT2D eigenvalue weighted by atomic mass is 16.2. The topological polar surface area (TPSA) is 131 Å². The quantitative estimate of drug-likeness (QED) is 0.160. The molecule has 0 aromatic rings. The summed E-state index contributed by atoms with van der Waals surface area (Å²) in [7, 11) is 0. The highest BCUT2D eigenvalue weighted by molar-refractivity contribution is 6.35. The van der Waals surface area contributed by atoms with E-state index in [0.29, 0.717) is 19.4 Å². The van der Waals surface area contributed by atoms with Crippen molar-refractivity contribution in [2.24, 2.45) is 11.7 Å². The van der Waals surface area contributed by atoms with Crippen molar-refractivity contribution < 1.29 is 14.4 Å². The van der Waals surface area contributed by atoms with Crippen molar-refractivity contribution >= 4 is 17.7 Å². The minimum Gasteiger partial charge on any atom is -0.322 e. The fourth-order valence-corrected chi connectivity index (χ4v) is 1.57. The van der Waals surface area contributed by atoms with E-state index in [9.17, 15) is 14.4 Å². The second-order valence-electron chi connectivity index (χ2n) is 3.14. The lowest BCUT2D eigenvalue weighted by Crippen LogP contribution is -2.52. The standard InChI is InChI=1S/C7H13N5O3/c8-10-5(13)4-2-1-3-12(4)7(15)6(14)11-9/h4H,1-3,8-9H2,(H,10,13)(H,11,14)/t4-/m0/s1. The van der Waals surface area contributed by atoms with Crippen molar-refractivity contribution in [2.45, 2.75) is 18.9 Å². The molecule has 0 radical (unpaired) electrons. The number of nitrogens with one attached hydrogen (secondary N) is 2. The number of nitrogens with two attached hydrogens (primary N) is 2. The number of carbonyl (C=O) groups excluding carboxylic acids is 3. The van der Waals surface area contributed by atoms with Crippen LogP contribution in [0, 0.1) is 0 Å². The van der Waals surface area contributed by atoms with Gasteiger partial charge in [-0.1, -0.05) is 0 Å². The van der Waals surface area contributed by atoms with Gasteiger partial charge in [-0.2, -0.15) is 0 Å². The summed E-state index contributed by atoms with van der Waals surface area (Å²) < 4.78 is 0. The average Bonchev–Trinajstić information content (AvgIpc) is 2.74. The van der Waals surface area contributed by atoms with Crippen LogP contribution in [-0.4, -0.2) is 35.2 Å². The van der Waals surface area contributed by atoms with Gasteiger partial charge < -0.3 is 4.90 Å². The van der Waals surface area contributed by atoms with Crippen molar-refractivity contribution in [3.63, 3.8) is 0 Å². The van der Waals surface area contributed by atoms with Gasteiger partial charge in [-0.15, -0.1) is 0 Å². The van der Waals surface area contributed by atoms with E-state index >= 15 is 0 Å². The van der Waals surface area contributed by atoms with Gasteiger partial charge in [0.1, 0.15) is 6.04 Å². The van der Waals surface area contributed by atoms with E-state index in [1.54, 1.807) is 5.43 Å². The molecule has 1 fully saturated rings. The maximum absolute atomic E-state index is 11.4. The molecule has 0 bridgehead atoms. The van der Waals surface area contributed by atoms with Gasteiger partial charge in [-0.3, -0.25) is 25.2 Å². The van der Waals surface area contributed by atoms with Crippen molar-refractivity contribution in [2.75, 3.05) is 6.54 Å². The van der Waals surface area contributed by atoms with Crippen LogP contribution in [-0.2, 0) is 14.4 Å². The van der Waals surface area contributed by atoms with Crippen molar-refractivity contribution in [3.8, 4) is 0 Å². The van der Waals surface area contributed by atoms with E-state index in [2.05, 4.69) is 0 Å². The Hall–Kier alpha value is -1.67. The first kappa shape index (κ1) is 11.4. The van der Waals surface area contributed by atoms with Crippen LogP contribution < -0.4 is 22.5 Å². The molecule has 1 saturated heterocycles. The molecular formula is C7H13N5O3. The highest BCUT2D eigenvalue weighted by Crippen LogP contribution is 2.17. The second kappa shape index (κ2) is 4.71. The number of hydrogen-bond donors (Lipinski definition) is 4. The molecule has 0 spiro atoms. The number of hydrogen-bond acceptors (Lipinski definition) is 5. The molecule has 0 aromatic carbocycles. The average molecular weight is 215 g/mol. The summed E-state index contributed by atoms with van der Waals surface area (Å²) in [5.74, 6) is 7.55. The number of carbonyl (C=O) groups is 3. The second-order valence-corrected chi connectivity index (χ2v) is 3.14. The summed E-state index contributed by atoms with van der Waals surface area (Å²) >= 11 is 0. The maximum Gasteiger partial charge on any atom is 0.323 e. The third kappa shape index (κ3) is 2.22. The van der Waals surface area contributed by atoms with Crippen LogP contribution in [0.2, 0.25) is 0 Å². The first-order chi connectivity index (χ1) is 7.11. The number of likely N-dealkylation sites (tertiary alicyclic amines) is 1. The fraction of sp³-hybridized carbons (Fsp3) is 0.571. The lowest BCUT2D eigenvalue weighted by Gasteiger charge is -2.21. The Kier molecular flexibility index (Phi) is 3.58. The normalized spacial score (nSPS) is 19.9. The van der Waals surface area contributed by atoms with Crippen molar-refractivity contribution in [1.29, 1.82) is 0 Å². The van der Waals surface area contributed by atoms with E-state index < -0.39 is 23.8 Å². The highest BCUT2D eigenvalue weighted by Gasteiger charge is 2.36. The molecule has 1 heterocycles. The molecule has 1 rings (SSSR count). The van der Waals surface area contributed by atoms with Crippen LogP contribution in [0.1, 0.15) is 12.8 Å². The Morgan fingerprint density at radius 3 is 2.40 bits per heavy atom. The Bertz CT molecular complexity index is 292. The Morgan fingerprint density at radius 2 is 1.87 bits per heavy atom. The molecule has 1 atom stereocenters. The first-order valence-electron chi connectivity index (χ1n) is 4.43. The van der Waals surface area contributed by atoms with Gasteiger partial charge in [-0.25, -0.2) is 11.7 Å². The van der Waals surface area contributed by atoms with Crippen LogP contribution in [0.5, 0.6) is 0 Å². The van der Waals surface area contributed by atoms with Gasteiger partial charge in [0.2, 0.25) is 0 Å². The molecule has 0 aromatic heterocycles. The third-order valence-corrected chi connectivity index (χ3v) is 2.28. The molecular weight excluding hydrogens is 202 g/mol. The minimum atomic E-state index is -0.938. The van der Waals surface area contributed by atoms with E-state index in [-0.39, 0.29) is 0 Å². The van der Waals surface area contributed by atoms with Gasteiger partial charge in [0.05, 0.1) is 0 Å². The van der Waals surface area contributed by atoms with Crippen molar-refractivity contribution in [1.82, 2.24) is 15.8 Å². The van der Waals surface area contributed by atoms with Crippen LogP contribution in [0.4, 0.5) is 0 Å². The summed E-state index contributed by atoms with van der Waals surface area (Å²) in [5.41, 5.74) is 3.68. The largest absolute Gasteiger partial charge is 0.323 e. The van der Waals surface area contributed by atoms with E-state index in [4.69, 9.17) is 11.7 Å². The number of hydrazine groups is 2. The summed E-state index contributed by atoms with van der Waals surface area (Å²) in [6, 6.07) is -0.681. The summed E-state index contributed by atoms with van der Waals surface area (Å²) in [6.07, 6.45) is 1.15. The fourth-order valence-electron chi connectivity index (χ4n) is 1.57. The predicted octanol–water partition coefficient (Wildman–Crippen LogP) is -3.04. The molecule has 8 heteroatoms. The SMILES string of the molecule is NNC(=O)C(=O)N1CCC[C@H]1C(=O)NN. The van der Waals surface area contributed by atoms with Crippen LogP contribution in [0.3, 0.4) is 0 Å². The van der Waals surface area contributed by atoms with E-state index in [1.807, 2.05) is 5.43 Å². The van der Waals surface area contributed by atoms with Gasteiger partial charge in [0, 0.05) is 6.54 Å². The Morgan fingerprint density at radius 1 is 1.20 bits per heavy atom. The van der Waals surface area contributed by atoms with E-state index in [1.165, 1.54) is 0 Å². The van der Waals surface area contributed by atoms with Crippen LogP contribution in [0.15, 0.2) is 0 Å². The lowest BCUT2D eigenvalue weighted by molar-refractivity contribution is -0.148. The molecule has 1 aliphatic rings. The van der Waals surface area contributed by atoms with Crippen LogP contribution >= 0.6 is 0 Å². The van der Waals surface area contributed by atoms with Gasteiger partial charge in [-0.05, 0) is 12.8 Å². The van der Waals surface area contributed by atoms with E-state index in [0.717, 1.165) is 4.90 Å². The molecule has 0 saturated carbocycles. The maximum atomic E-state index is 11.4. The molecule has 0 aliphatic carbocycles. The van der Waals surface area contributed by atoms with Gasteiger partial charge in [0.15, 0.2) is 0 Å². The summed E-state index contributed by atoms with van der Waals surface area (Å²) in [5, 5.41) is 0. The summed E-state index contributed by atoms with van der Waals surface area (Å²) in [6.45, 7) is 0.352. The Balaban J connectivity index is 2.72. The molecule has 15 heavy (non-hydrogen) atoms. The number of nitrogens with zero attached hydrogens (tertiary/aromatic N) is 1. The lowest BCUT2D eigenvalue weighted by atomic mass is 10.2. The number of amides is 3. The zero-order valence-electron chi connectivity index (χ0n) is 8.03. The summed E-state index contributed by atoms with van der Waals surface area (Å²) in [4.78, 5) is 34.8. The molecule has 84 valence electrons. The predicted molar refractivity (Wildman–Crippen MR) is 49.4 cm³/mol. The zero-order valence-corrected chi connectivity index (χ0v) is 8.03. The van der Waals surface area contributed by atoms with Gasteiger partial charge >= 0.3 is 11.8 Å². The van der Waals surface area contributed by atoms with Crippen LogP contribution in [0.25, 0.3) is 0 Å². The molecule has 1 aliphatic heterocycles. The van der Waals surface area contributed by atoms with Crippen molar-refractivity contribution in [3.05, 3.63) is 0 Å². The Labute approximate surface area is 85.9 Å². The molecule has 8 nitrogen and oxygen atoms in total. The zero-order chi connectivity index (χ0) is 11.4. The smallest absolute Gasteiger partial charge is 0.322 e. The monoisotopic (exact) mass is 215 g/mol. The molecule has 3 amide bonds. The molecule has 6 N–H and O–H groups in total. The molecule has 0 unspecified atom stereocenters. The van der Waals surface area contributed by atoms with Gasteiger partial charge in [0.25, 0.3) is 5.91 Å². The minimum absolute atomic E-state index is 0.352. The first-order valence-corrected chi connectivity index (χ1v) is 4.43. The number of rotatable bonds is 1. The third-order valence-electron chi connectivity index (χ3n) is 2.28.